The summed E-state index contributed by atoms with van der Waals surface area (Å²) in [6.07, 6.45) is 1.94. The van der Waals surface area contributed by atoms with Crippen LogP contribution in [0.3, 0.4) is 0 Å². The largest absolute Gasteiger partial charge is 0.352 e. The molecule has 1 N–H and O–H groups in total. The van der Waals surface area contributed by atoms with Gasteiger partial charge in [0.15, 0.2) is 0 Å². The van der Waals surface area contributed by atoms with E-state index in [1.807, 2.05) is 48.9 Å². The van der Waals surface area contributed by atoms with E-state index >= 15 is 0 Å². The molecule has 0 spiro atoms. The first-order valence-electron chi connectivity index (χ1n) is 5.60. The Kier molecular flexibility index (Phi) is 3.52. The van der Waals surface area contributed by atoms with Crippen LogP contribution in [-0.4, -0.2) is 16.5 Å². The van der Waals surface area contributed by atoms with Crippen molar-refractivity contribution in [1.29, 1.82) is 0 Å². The summed E-state index contributed by atoms with van der Waals surface area (Å²) in [7, 11) is 0. The lowest BCUT2D eigenvalue weighted by Gasteiger charge is -2.09. The predicted octanol–water partition coefficient (Wildman–Crippen LogP) is 2.93. The number of carbonyl (C=O) groups is 1. The molecule has 1 amide bonds. The zero-order valence-corrected chi connectivity index (χ0v) is 11.5. The van der Waals surface area contributed by atoms with Crippen LogP contribution in [-0.2, 0) is 11.3 Å². The average Bonchev–Trinajstić information content (AvgIpc) is 2.62. The zero-order valence-electron chi connectivity index (χ0n) is 9.90. The fourth-order valence-electron chi connectivity index (χ4n) is 1.85. The number of nitrogens with one attached hydrogen (secondary N) is 1. The van der Waals surface area contributed by atoms with Crippen LogP contribution in [0.2, 0.25) is 0 Å². The number of halogens is 1. The molecule has 0 aliphatic rings. The molecule has 0 aliphatic carbocycles. The molecule has 2 aromatic rings. The van der Waals surface area contributed by atoms with Crippen molar-refractivity contribution in [2.75, 3.05) is 0 Å². The molecular weight excluding hydrogens is 280 g/mol. The number of nitrogens with zero attached hydrogens (tertiary/aromatic N) is 1. The van der Waals surface area contributed by atoms with Gasteiger partial charge in [-0.05, 0) is 32.0 Å². The van der Waals surface area contributed by atoms with E-state index in [-0.39, 0.29) is 11.9 Å². The Bertz CT molecular complexity index is 545. The molecule has 1 aromatic heterocycles. The molecular formula is C13H15BrN2O. The Morgan fingerprint density at radius 3 is 2.88 bits per heavy atom. The van der Waals surface area contributed by atoms with Crippen molar-refractivity contribution in [3.05, 3.63) is 34.9 Å². The summed E-state index contributed by atoms with van der Waals surface area (Å²) >= 11 is 3.50. The first-order valence-corrected chi connectivity index (χ1v) is 6.40. The van der Waals surface area contributed by atoms with Gasteiger partial charge in [-0.1, -0.05) is 22.0 Å². The van der Waals surface area contributed by atoms with E-state index in [9.17, 15) is 4.79 Å². The maximum absolute atomic E-state index is 11.7. The second-order valence-electron chi connectivity index (χ2n) is 4.34. The van der Waals surface area contributed by atoms with Gasteiger partial charge in [0.2, 0.25) is 5.91 Å². The highest BCUT2D eigenvalue weighted by molar-refractivity contribution is 9.10. The first-order chi connectivity index (χ1) is 8.08. The van der Waals surface area contributed by atoms with Gasteiger partial charge in [-0.25, -0.2) is 0 Å². The molecule has 0 saturated heterocycles. The van der Waals surface area contributed by atoms with E-state index in [2.05, 4.69) is 21.2 Å². The summed E-state index contributed by atoms with van der Waals surface area (Å²) in [6.45, 7) is 4.28. The Balaban J connectivity index is 2.25. The first kappa shape index (κ1) is 12.2. The van der Waals surface area contributed by atoms with Gasteiger partial charge in [0.1, 0.15) is 6.54 Å². The van der Waals surface area contributed by atoms with Crippen LogP contribution < -0.4 is 5.32 Å². The molecule has 4 heteroatoms. The molecule has 0 atom stereocenters. The molecule has 17 heavy (non-hydrogen) atoms. The second kappa shape index (κ2) is 4.92. The number of rotatable bonds is 3. The minimum Gasteiger partial charge on any atom is -0.352 e. The molecule has 3 nitrogen and oxygen atoms in total. The van der Waals surface area contributed by atoms with Crippen molar-refractivity contribution >= 4 is 32.7 Å². The summed E-state index contributed by atoms with van der Waals surface area (Å²) in [5.74, 6) is 0.0393. The van der Waals surface area contributed by atoms with Crippen LogP contribution in [0.1, 0.15) is 13.8 Å². The Labute approximate surface area is 109 Å². The van der Waals surface area contributed by atoms with Gasteiger partial charge in [0.25, 0.3) is 0 Å². The lowest BCUT2D eigenvalue weighted by Crippen LogP contribution is -2.32. The maximum atomic E-state index is 11.7. The zero-order chi connectivity index (χ0) is 12.4. The average molecular weight is 295 g/mol. The van der Waals surface area contributed by atoms with Crippen molar-refractivity contribution in [3.63, 3.8) is 0 Å². The van der Waals surface area contributed by atoms with Gasteiger partial charge >= 0.3 is 0 Å². The van der Waals surface area contributed by atoms with Crippen molar-refractivity contribution in [1.82, 2.24) is 9.88 Å². The molecule has 0 saturated carbocycles. The minimum absolute atomic E-state index is 0.0393. The van der Waals surface area contributed by atoms with E-state index in [1.54, 1.807) is 0 Å². The molecule has 0 radical (unpaired) electrons. The molecule has 2 rings (SSSR count). The van der Waals surface area contributed by atoms with E-state index in [0.717, 1.165) is 15.4 Å². The number of aromatic nitrogens is 1. The molecule has 0 aliphatic heterocycles. The summed E-state index contributed by atoms with van der Waals surface area (Å²) in [5, 5.41) is 4.02. The number of fused-ring (bicyclic) bond motifs is 1. The van der Waals surface area contributed by atoms with Crippen LogP contribution in [0.15, 0.2) is 34.9 Å². The summed E-state index contributed by atoms with van der Waals surface area (Å²) in [4.78, 5) is 11.7. The lowest BCUT2D eigenvalue weighted by molar-refractivity contribution is -0.122. The Morgan fingerprint density at radius 2 is 2.18 bits per heavy atom. The van der Waals surface area contributed by atoms with Gasteiger partial charge in [0.05, 0.1) is 0 Å². The molecule has 0 bridgehead atoms. The van der Waals surface area contributed by atoms with Crippen LogP contribution in [0.25, 0.3) is 10.9 Å². The van der Waals surface area contributed by atoms with E-state index < -0.39 is 0 Å². The third-order valence-corrected chi connectivity index (χ3v) is 3.22. The van der Waals surface area contributed by atoms with E-state index in [0.29, 0.717) is 6.54 Å². The molecule has 0 unspecified atom stereocenters. The third-order valence-electron chi connectivity index (χ3n) is 2.52. The molecule has 1 aromatic carbocycles. The summed E-state index contributed by atoms with van der Waals surface area (Å²) < 4.78 is 3.01. The highest BCUT2D eigenvalue weighted by Crippen LogP contribution is 2.24. The van der Waals surface area contributed by atoms with Crippen molar-refractivity contribution in [2.24, 2.45) is 0 Å². The number of benzene rings is 1. The fraction of sp³-hybridized carbons (Fsp3) is 0.308. The Hall–Kier alpha value is -1.29. The standard InChI is InChI=1S/C13H15BrN2O/c1-9(2)15-13(17)8-16-7-6-10-11(14)4-3-5-12(10)16/h3-7,9H,8H2,1-2H3,(H,15,17). The highest BCUT2D eigenvalue weighted by atomic mass is 79.9. The van der Waals surface area contributed by atoms with E-state index in [1.165, 1.54) is 0 Å². The smallest absolute Gasteiger partial charge is 0.240 e. The Morgan fingerprint density at radius 1 is 1.41 bits per heavy atom. The summed E-state index contributed by atoms with van der Waals surface area (Å²) in [6, 6.07) is 8.19. The molecule has 0 fully saturated rings. The lowest BCUT2D eigenvalue weighted by atomic mass is 10.2. The SMILES string of the molecule is CC(C)NC(=O)Cn1ccc2c(Br)cccc21. The summed E-state index contributed by atoms with van der Waals surface area (Å²) in [5.41, 5.74) is 1.07. The molecule has 1 heterocycles. The van der Waals surface area contributed by atoms with Gasteiger partial charge in [0, 0.05) is 27.6 Å². The van der Waals surface area contributed by atoms with Crippen LogP contribution >= 0.6 is 15.9 Å². The topological polar surface area (TPSA) is 34.0 Å². The molecule has 90 valence electrons. The van der Waals surface area contributed by atoms with E-state index in [4.69, 9.17) is 0 Å². The monoisotopic (exact) mass is 294 g/mol. The number of hydrogen-bond donors (Lipinski definition) is 1. The fourth-order valence-corrected chi connectivity index (χ4v) is 2.33. The van der Waals surface area contributed by atoms with Crippen LogP contribution in [0.5, 0.6) is 0 Å². The van der Waals surface area contributed by atoms with Gasteiger partial charge < -0.3 is 9.88 Å². The number of amides is 1. The van der Waals surface area contributed by atoms with Gasteiger partial charge in [-0.15, -0.1) is 0 Å². The minimum atomic E-state index is 0.0393. The van der Waals surface area contributed by atoms with Crippen molar-refractivity contribution in [2.45, 2.75) is 26.4 Å². The van der Waals surface area contributed by atoms with Crippen LogP contribution in [0.4, 0.5) is 0 Å². The van der Waals surface area contributed by atoms with Gasteiger partial charge in [-0.3, -0.25) is 4.79 Å². The maximum Gasteiger partial charge on any atom is 0.240 e. The van der Waals surface area contributed by atoms with Crippen LogP contribution in [0, 0.1) is 0 Å². The highest BCUT2D eigenvalue weighted by Gasteiger charge is 2.08. The second-order valence-corrected chi connectivity index (χ2v) is 5.19. The predicted molar refractivity (Wildman–Crippen MR) is 72.9 cm³/mol. The number of hydrogen-bond acceptors (Lipinski definition) is 1. The normalized spacial score (nSPS) is 11.1. The van der Waals surface area contributed by atoms with Gasteiger partial charge in [-0.2, -0.15) is 0 Å². The number of carbonyl (C=O) groups excluding carboxylic acids is 1. The quantitative estimate of drug-likeness (QED) is 0.928. The van der Waals surface area contributed by atoms with Crippen molar-refractivity contribution < 1.29 is 4.79 Å². The third kappa shape index (κ3) is 2.69. The van der Waals surface area contributed by atoms with Crippen molar-refractivity contribution in [3.8, 4) is 0 Å².